The summed E-state index contributed by atoms with van der Waals surface area (Å²) in [6.07, 6.45) is 0.360. The first-order valence-corrected chi connectivity index (χ1v) is 8.32. The third-order valence-corrected chi connectivity index (χ3v) is 4.87. The van der Waals surface area contributed by atoms with Crippen LogP contribution >= 0.6 is 11.3 Å². The second kappa shape index (κ2) is 6.56. The van der Waals surface area contributed by atoms with Crippen molar-refractivity contribution >= 4 is 21.4 Å². The number of sulfonamides is 1. The third-order valence-electron chi connectivity index (χ3n) is 2.75. The topological polar surface area (TPSA) is 79.3 Å². The molecule has 0 saturated heterocycles. The van der Waals surface area contributed by atoms with Gasteiger partial charge in [-0.15, -0.1) is 11.3 Å². The molecule has 1 heterocycles. The van der Waals surface area contributed by atoms with Gasteiger partial charge in [0.05, 0.1) is 23.4 Å². The zero-order chi connectivity index (χ0) is 15.5. The van der Waals surface area contributed by atoms with Crippen LogP contribution in [-0.4, -0.2) is 25.1 Å². The van der Waals surface area contributed by atoms with Crippen molar-refractivity contribution in [2.75, 3.05) is 6.54 Å². The van der Waals surface area contributed by atoms with Gasteiger partial charge in [-0.25, -0.2) is 26.9 Å². The number of aromatic nitrogens is 1. The molecule has 9 heteroatoms. The van der Waals surface area contributed by atoms with Crippen LogP contribution in [0.1, 0.15) is 11.3 Å². The Kier molecular flexibility index (Phi) is 4.99. The molecule has 5 nitrogen and oxygen atoms in total. The van der Waals surface area contributed by atoms with E-state index in [1.54, 1.807) is 10.9 Å². The summed E-state index contributed by atoms with van der Waals surface area (Å²) in [6, 6.07) is 1.64. The van der Waals surface area contributed by atoms with Gasteiger partial charge in [0.15, 0.2) is 5.82 Å². The number of hydrogen-bond donors (Lipinski definition) is 2. The molecule has 2 aromatic rings. The maximum atomic E-state index is 13.9. The molecule has 0 bridgehead atoms. The van der Waals surface area contributed by atoms with Crippen LogP contribution in [0.3, 0.4) is 0 Å². The molecule has 114 valence electrons. The smallest absolute Gasteiger partial charge is 0.243 e. The van der Waals surface area contributed by atoms with Crippen LogP contribution in [0.4, 0.5) is 8.78 Å². The number of hydrogen-bond acceptors (Lipinski definition) is 5. The lowest BCUT2D eigenvalue weighted by Crippen LogP contribution is -2.27. The van der Waals surface area contributed by atoms with Gasteiger partial charge < -0.3 is 5.11 Å². The Hall–Kier alpha value is -1.42. The van der Waals surface area contributed by atoms with Crippen molar-refractivity contribution in [1.82, 2.24) is 9.71 Å². The highest BCUT2D eigenvalue weighted by Gasteiger charge is 2.23. The van der Waals surface area contributed by atoms with E-state index < -0.39 is 38.7 Å². The normalized spacial score (nSPS) is 11.8. The first-order chi connectivity index (χ1) is 9.95. The van der Waals surface area contributed by atoms with Gasteiger partial charge in [0.25, 0.3) is 0 Å². The van der Waals surface area contributed by atoms with E-state index in [0.29, 0.717) is 6.42 Å². The van der Waals surface area contributed by atoms with Crippen molar-refractivity contribution in [2.24, 2.45) is 0 Å². The Morgan fingerprint density at radius 3 is 2.71 bits per heavy atom. The van der Waals surface area contributed by atoms with E-state index >= 15 is 0 Å². The molecule has 0 amide bonds. The van der Waals surface area contributed by atoms with Gasteiger partial charge in [-0.05, 0) is 12.1 Å². The summed E-state index contributed by atoms with van der Waals surface area (Å²) in [7, 11) is -4.12. The van der Waals surface area contributed by atoms with Crippen LogP contribution < -0.4 is 4.72 Å². The van der Waals surface area contributed by atoms with Crippen LogP contribution in [-0.2, 0) is 23.1 Å². The molecule has 2 N–H and O–H groups in total. The molecule has 0 fully saturated rings. The number of halogens is 2. The average molecular weight is 334 g/mol. The summed E-state index contributed by atoms with van der Waals surface area (Å²) in [5, 5.41) is 10.7. The second-order valence-corrected chi connectivity index (χ2v) is 6.58. The molecule has 0 aliphatic heterocycles. The first kappa shape index (κ1) is 16.0. The van der Waals surface area contributed by atoms with Gasteiger partial charge in [0, 0.05) is 18.3 Å². The largest absolute Gasteiger partial charge is 0.391 e. The molecule has 1 aromatic carbocycles. The van der Waals surface area contributed by atoms with E-state index in [4.69, 9.17) is 5.11 Å². The Bertz CT molecular complexity index is 718. The molecule has 2 rings (SSSR count). The zero-order valence-corrected chi connectivity index (χ0v) is 12.3. The van der Waals surface area contributed by atoms with Crippen molar-refractivity contribution < 1.29 is 22.3 Å². The lowest BCUT2D eigenvalue weighted by atomic mass is 10.2. The Morgan fingerprint density at radius 2 is 2.10 bits per heavy atom. The van der Waals surface area contributed by atoms with Gasteiger partial charge in [-0.1, -0.05) is 0 Å². The summed E-state index contributed by atoms with van der Waals surface area (Å²) in [5.74, 6) is -2.27. The van der Waals surface area contributed by atoms with Crippen LogP contribution in [0.25, 0.3) is 0 Å². The number of nitrogens with zero attached hydrogens (tertiary/aromatic N) is 1. The van der Waals surface area contributed by atoms with Gasteiger partial charge in [0.2, 0.25) is 10.0 Å². The zero-order valence-electron chi connectivity index (χ0n) is 10.7. The molecule has 0 radical (unpaired) electrons. The highest BCUT2D eigenvalue weighted by Crippen LogP contribution is 2.21. The van der Waals surface area contributed by atoms with Gasteiger partial charge in [-0.2, -0.15) is 0 Å². The molecule has 1 aromatic heterocycles. The molecular formula is C12H12F2N2O3S2. The maximum Gasteiger partial charge on any atom is 0.243 e. The number of thiazole rings is 1. The van der Waals surface area contributed by atoms with Crippen molar-refractivity contribution in [2.45, 2.75) is 17.9 Å². The maximum absolute atomic E-state index is 13.9. The van der Waals surface area contributed by atoms with E-state index in [-0.39, 0.29) is 6.54 Å². The van der Waals surface area contributed by atoms with Crippen molar-refractivity contribution in [3.8, 4) is 0 Å². The molecule has 0 saturated carbocycles. The van der Waals surface area contributed by atoms with Crippen LogP contribution in [0, 0.1) is 11.6 Å². The highest BCUT2D eigenvalue weighted by molar-refractivity contribution is 7.89. The third kappa shape index (κ3) is 3.62. The van der Waals surface area contributed by atoms with Crippen molar-refractivity contribution in [3.05, 3.63) is 45.9 Å². The first-order valence-electron chi connectivity index (χ1n) is 5.90. The number of nitrogens with one attached hydrogen (secondary N) is 1. The summed E-state index contributed by atoms with van der Waals surface area (Å²) in [4.78, 5) is 3.30. The Morgan fingerprint density at radius 1 is 1.33 bits per heavy atom. The fourth-order valence-electron chi connectivity index (χ4n) is 1.68. The predicted octanol–water partition coefficient (Wildman–Crippen LogP) is 1.43. The molecule has 0 spiro atoms. The Labute approximate surface area is 124 Å². The number of aliphatic hydroxyl groups is 1. The van der Waals surface area contributed by atoms with Crippen molar-refractivity contribution in [1.29, 1.82) is 0 Å². The van der Waals surface area contributed by atoms with Crippen LogP contribution in [0.15, 0.2) is 27.9 Å². The standard InChI is InChI=1S/C12H12F2N2O3S2/c13-10-1-2-11(12(14)9(10)5-17)21(18,19)16-4-3-8-6-20-7-15-8/h1-2,6-7,16-17H,3-5H2. The van der Waals surface area contributed by atoms with Gasteiger partial charge >= 0.3 is 0 Å². The monoisotopic (exact) mass is 334 g/mol. The molecule has 0 unspecified atom stereocenters. The minimum Gasteiger partial charge on any atom is -0.391 e. The predicted molar refractivity (Wildman–Crippen MR) is 73.3 cm³/mol. The molecule has 0 atom stereocenters. The molecule has 0 aliphatic carbocycles. The lowest BCUT2D eigenvalue weighted by molar-refractivity contribution is 0.267. The van der Waals surface area contributed by atoms with Gasteiger partial charge in [-0.3, -0.25) is 0 Å². The second-order valence-electron chi connectivity index (χ2n) is 4.12. The summed E-state index contributed by atoms with van der Waals surface area (Å²) >= 11 is 1.39. The summed E-state index contributed by atoms with van der Waals surface area (Å²) < 4.78 is 53.3. The number of aliphatic hydroxyl groups excluding tert-OH is 1. The van der Waals surface area contributed by atoms with E-state index in [1.807, 2.05) is 0 Å². The van der Waals surface area contributed by atoms with Gasteiger partial charge in [0.1, 0.15) is 10.7 Å². The average Bonchev–Trinajstić information content (AvgIpc) is 2.92. The quantitative estimate of drug-likeness (QED) is 0.838. The Balaban J connectivity index is 2.16. The van der Waals surface area contributed by atoms with E-state index in [9.17, 15) is 17.2 Å². The fourth-order valence-corrected chi connectivity index (χ4v) is 3.41. The van der Waals surface area contributed by atoms with E-state index in [1.165, 1.54) is 11.3 Å². The SMILES string of the molecule is O=S(=O)(NCCc1cscn1)c1ccc(F)c(CO)c1F. The minimum atomic E-state index is -4.12. The lowest BCUT2D eigenvalue weighted by Gasteiger charge is -2.09. The van der Waals surface area contributed by atoms with Crippen molar-refractivity contribution in [3.63, 3.8) is 0 Å². The molecular weight excluding hydrogens is 322 g/mol. The highest BCUT2D eigenvalue weighted by atomic mass is 32.2. The minimum absolute atomic E-state index is 0.0390. The molecule has 21 heavy (non-hydrogen) atoms. The summed E-state index contributed by atoms with van der Waals surface area (Å²) in [6.45, 7) is -0.878. The number of benzene rings is 1. The van der Waals surface area contributed by atoms with Crippen LogP contribution in [0.5, 0.6) is 0 Å². The summed E-state index contributed by atoms with van der Waals surface area (Å²) in [5.41, 5.74) is 1.67. The van der Waals surface area contributed by atoms with E-state index in [2.05, 4.69) is 9.71 Å². The van der Waals surface area contributed by atoms with Crippen LogP contribution in [0.2, 0.25) is 0 Å². The van der Waals surface area contributed by atoms with E-state index in [0.717, 1.165) is 17.8 Å². The number of rotatable bonds is 6. The fraction of sp³-hybridized carbons (Fsp3) is 0.250. The molecule has 0 aliphatic rings.